The van der Waals surface area contributed by atoms with E-state index in [1.807, 2.05) is 25.1 Å². The standard InChI is InChI=1S/C14H12N4O2/c1-10-2-4-12(16-8-10)9-17-13-5-3-11(7-15)6-14(13)18(19)20/h2-6,8,17H,9H2,1H3. The zero-order valence-electron chi connectivity index (χ0n) is 10.8. The van der Waals surface area contributed by atoms with Gasteiger partial charge >= 0.3 is 0 Å². The highest BCUT2D eigenvalue weighted by molar-refractivity contribution is 5.64. The van der Waals surface area contributed by atoms with Gasteiger partial charge in [-0.25, -0.2) is 0 Å². The largest absolute Gasteiger partial charge is 0.374 e. The Balaban J connectivity index is 2.19. The monoisotopic (exact) mass is 268 g/mol. The zero-order chi connectivity index (χ0) is 14.5. The van der Waals surface area contributed by atoms with Gasteiger partial charge in [0.2, 0.25) is 0 Å². The number of hydrogen-bond acceptors (Lipinski definition) is 5. The van der Waals surface area contributed by atoms with E-state index in [1.165, 1.54) is 18.2 Å². The summed E-state index contributed by atoms with van der Waals surface area (Å²) in [4.78, 5) is 14.7. The Hall–Kier alpha value is -2.94. The number of rotatable bonds is 4. The van der Waals surface area contributed by atoms with Crippen LogP contribution < -0.4 is 5.32 Å². The van der Waals surface area contributed by atoms with E-state index in [4.69, 9.17) is 5.26 Å². The number of nitriles is 1. The van der Waals surface area contributed by atoms with Crippen molar-refractivity contribution in [1.29, 1.82) is 5.26 Å². The first-order valence-electron chi connectivity index (χ1n) is 5.94. The van der Waals surface area contributed by atoms with Crippen molar-refractivity contribution in [3.05, 3.63) is 63.5 Å². The Labute approximate surface area is 115 Å². The first-order valence-corrected chi connectivity index (χ1v) is 5.94. The fraction of sp³-hybridized carbons (Fsp3) is 0.143. The minimum Gasteiger partial charge on any atom is -0.374 e. The van der Waals surface area contributed by atoms with Crippen LogP contribution in [0.1, 0.15) is 16.8 Å². The van der Waals surface area contributed by atoms with Gasteiger partial charge in [0, 0.05) is 12.3 Å². The van der Waals surface area contributed by atoms with Crippen LogP contribution in [0.15, 0.2) is 36.5 Å². The van der Waals surface area contributed by atoms with Crippen molar-refractivity contribution in [1.82, 2.24) is 4.98 Å². The zero-order valence-corrected chi connectivity index (χ0v) is 10.8. The van der Waals surface area contributed by atoms with Gasteiger partial charge < -0.3 is 5.32 Å². The highest BCUT2D eigenvalue weighted by atomic mass is 16.6. The molecule has 0 saturated heterocycles. The van der Waals surface area contributed by atoms with Crippen molar-refractivity contribution >= 4 is 11.4 Å². The predicted octanol–water partition coefficient (Wildman–Crippen LogP) is 2.78. The van der Waals surface area contributed by atoms with Gasteiger partial charge in [-0.1, -0.05) is 6.07 Å². The molecular weight excluding hydrogens is 256 g/mol. The third kappa shape index (κ3) is 3.09. The summed E-state index contributed by atoms with van der Waals surface area (Å²) in [6.45, 7) is 2.32. The number of hydrogen-bond donors (Lipinski definition) is 1. The van der Waals surface area contributed by atoms with E-state index in [0.717, 1.165) is 11.3 Å². The van der Waals surface area contributed by atoms with Crippen LogP contribution in [0.2, 0.25) is 0 Å². The fourth-order valence-electron chi connectivity index (χ4n) is 1.69. The van der Waals surface area contributed by atoms with Gasteiger partial charge in [-0.05, 0) is 30.7 Å². The molecule has 0 radical (unpaired) electrons. The number of nitro groups is 1. The number of benzene rings is 1. The van der Waals surface area contributed by atoms with Crippen LogP contribution in [0.3, 0.4) is 0 Å². The van der Waals surface area contributed by atoms with E-state index in [0.29, 0.717) is 12.2 Å². The minimum atomic E-state index is -0.508. The molecule has 0 fully saturated rings. The maximum Gasteiger partial charge on any atom is 0.293 e. The van der Waals surface area contributed by atoms with E-state index >= 15 is 0 Å². The van der Waals surface area contributed by atoms with Crippen molar-refractivity contribution in [3.8, 4) is 6.07 Å². The normalized spacial score (nSPS) is 9.80. The SMILES string of the molecule is Cc1ccc(CNc2ccc(C#N)cc2[N+](=O)[O-])nc1. The molecular formula is C14H12N4O2. The quantitative estimate of drug-likeness (QED) is 0.680. The second-order valence-corrected chi connectivity index (χ2v) is 4.28. The van der Waals surface area contributed by atoms with Crippen molar-refractivity contribution in [2.45, 2.75) is 13.5 Å². The molecule has 1 N–H and O–H groups in total. The lowest BCUT2D eigenvalue weighted by molar-refractivity contribution is -0.384. The summed E-state index contributed by atoms with van der Waals surface area (Å²) in [5.41, 5.74) is 2.36. The summed E-state index contributed by atoms with van der Waals surface area (Å²) in [7, 11) is 0. The molecule has 0 aliphatic heterocycles. The molecule has 0 spiro atoms. The molecule has 1 heterocycles. The lowest BCUT2D eigenvalue weighted by Gasteiger charge is -2.07. The van der Waals surface area contributed by atoms with Gasteiger partial charge in [-0.3, -0.25) is 15.1 Å². The molecule has 0 aliphatic rings. The van der Waals surface area contributed by atoms with Gasteiger partial charge in [0.1, 0.15) is 5.69 Å². The average Bonchev–Trinajstić information content (AvgIpc) is 2.46. The molecule has 100 valence electrons. The number of nitrogens with one attached hydrogen (secondary N) is 1. The highest BCUT2D eigenvalue weighted by Crippen LogP contribution is 2.25. The average molecular weight is 268 g/mol. The summed E-state index contributed by atoms with van der Waals surface area (Å²) >= 11 is 0. The Morgan fingerprint density at radius 2 is 2.20 bits per heavy atom. The highest BCUT2D eigenvalue weighted by Gasteiger charge is 2.14. The first kappa shape index (κ1) is 13.5. The van der Waals surface area contributed by atoms with Gasteiger partial charge in [0.15, 0.2) is 0 Å². The van der Waals surface area contributed by atoms with E-state index < -0.39 is 4.92 Å². The van der Waals surface area contributed by atoms with Gasteiger partial charge in [0.25, 0.3) is 5.69 Å². The van der Waals surface area contributed by atoms with Crippen molar-refractivity contribution < 1.29 is 4.92 Å². The molecule has 0 amide bonds. The summed E-state index contributed by atoms with van der Waals surface area (Å²) in [5, 5.41) is 22.7. The van der Waals surface area contributed by atoms with E-state index in [1.54, 1.807) is 6.20 Å². The summed E-state index contributed by atoms with van der Waals surface area (Å²) in [5.74, 6) is 0. The Morgan fingerprint density at radius 1 is 1.40 bits per heavy atom. The maximum atomic E-state index is 11.0. The Kier molecular flexibility index (Phi) is 3.91. The van der Waals surface area contributed by atoms with Crippen LogP contribution in [0.25, 0.3) is 0 Å². The molecule has 0 bridgehead atoms. The number of aromatic nitrogens is 1. The van der Waals surface area contributed by atoms with E-state index in [9.17, 15) is 10.1 Å². The Morgan fingerprint density at radius 3 is 2.80 bits per heavy atom. The second-order valence-electron chi connectivity index (χ2n) is 4.28. The van der Waals surface area contributed by atoms with E-state index in [2.05, 4.69) is 10.3 Å². The fourth-order valence-corrected chi connectivity index (χ4v) is 1.69. The smallest absolute Gasteiger partial charge is 0.293 e. The molecule has 1 aromatic heterocycles. The van der Waals surface area contributed by atoms with Crippen LogP contribution in [-0.4, -0.2) is 9.91 Å². The molecule has 0 aliphatic carbocycles. The second kappa shape index (κ2) is 5.80. The molecule has 0 atom stereocenters. The third-order valence-corrected chi connectivity index (χ3v) is 2.76. The number of aryl methyl sites for hydroxylation is 1. The van der Waals surface area contributed by atoms with Gasteiger partial charge in [-0.2, -0.15) is 5.26 Å². The van der Waals surface area contributed by atoms with Crippen LogP contribution >= 0.6 is 0 Å². The molecule has 6 heteroatoms. The van der Waals surface area contributed by atoms with Crippen molar-refractivity contribution in [2.75, 3.05) is 5.32 Å². The molecule has 0 saturated carbocycles. The molecule has 1 aromatic carbocycles. The molecule has 6 nitrogen and oxygen atoms in total. The maximum absolute atomic E-state index is 11.0. The minimum absolute atomic E-state index is 0.115. The first-order chi connectivity index (χ1) is 9.60. The lowest BCUT2D eigenvalue weighted by atomic mass is 10.2. The molecule has 2 rings (SSSR count). The Bertz CT molecular complexity index is 675. The van der Waals surface area contributed by atoms with E-state index in [-0.39, 0.29) is 11.3 Å². The topological polar surface area (TPSA) is 91.8 Å². The molecule has 2 aromatic rings. The van der Waals surface area contributed by atoms with Crippen LogP contribution in [0.4, 0.5) is 11.4 Å². The molecule has 0 unspecified atom stereocenters. The lowest BCUT2D eigenvalue weighted by Crippen LogP contribution is -2.04. The summed E-state index contributed by atoms with van der Waals surface area (Å²) in [6.07, 6.45) is 1.74. The van der Waals surface area contributed by atoms with Crippen LogP contribution in [0, 0.1) is 28.4 Å². The van der Waals surface area contributed by atoms with Gasteiger partial charge in [-0.15, -0.1) is 0 Å². The summed E-state index contributed by atoms with van der Waals surface area (Å²) in [6, 6.07) is 10.00. The third-order valence-electron chi connectivity index (χ3n) is 2.76. The van der Waals surface area contributed by atoms with Crippen LogP contribution in [-0.2, 0) is 6.54 Å². The predicted molar refractivity (Wildman–Crippen MR) is 74.1 cm³/mol. The molecule has 20 heavy (non-hydrogen) atoms. The summed E-state index contributed by atoms with van der Waals surface area (Å²) < 4.78 is 0. The number of anilines is 1. The van der Waals surface area contributed by atoms with Gasteiger partial charge in [0.05, 0.1) is 28.8 Å². The number of nitro benzene ring substituents is 1. The van der Waals surface area contributed by atoms with Crippen molar-refractivity contribution in [2.24, 2.45) is 0 Å². The number of pyridine rings is 1. The van der Waals surface area contributed by atoms with Crippen LogP contribution in [0.5, 0.6) is 0 Å². The number of nitrogens with zero attached hydrogens (tertiary/aromatic N) is 3. The van der Waals surface area contributed by atoms with Crippen molar-refractivity contribution in [3.63, 3.8) is 0 Å².